The molecule has 0 aromatic carbocycles. The fourth-order valence-electron chi connectivity index (χ4n) is 3.46. The number of rotatable bonds is 8. The van der Waals surface area contributed by atoms with Crippen molar-refractivity contribution in [3.8, 4) is 5.88 Å². The van der Waals surface area contributed by atoms with E-state index in [4.69, 9.17) is 22.2 Å². The molecule has 0 spiro atoms. The van der Waals surface area contributed by atoms with Crippen LogP contribution in [0.25, 0.3) is 0 Å². The molecule has 2 aromatic rings. The highest BCUT2D eigenvalue weighted by atomic mass is 35.5. The Labute approximate surface area is 224 Å². The summed E-state index contributed by atoms with van der Waals surface area (Å²) >= 11 is 9.29. The highest BCUT2D eigenvalue weighted by Crippen LogP contribution is 2.41. The van der Waals surface area contributed by atoms with Crippen LogP contribution in [-0.2, 0) is 26.3 Å². The number of anilines is 1. The van der Waals surface area contributed by atoms with E-state index in [2.05, 4.69) is 25.7 Å². The first-order valence-corrected chi connectivity index (χ1v) is 13.3. The number of hydrogen-bond acceptors (Lipinski definition) is 14. The molecular formula is C18H17ClN8O7S3. The molecule has 5 N–H and O–H groups in total. The Morgan fingerprint density at radius 1 is 1.38 bits per heavy atom. The fraction of sp³-hybridized carbons (Fsp3) is 0.333. The van der Waals surface area contributed by atoms with Gasteiger partial charge in [0.05, 0.1) is 0 Å². The van der Waals surface area contributed by atoms with Gasteiger partial charge in [0, 0.05) is 18.6 Å². The van der Waals surface area contributed by atoms with E-state index in [9.17, 15) is 29.4 Å². The number of β-lactam (4-membered cyclic amide) rings is 1. The average molecular weight is 589 g/mol. The molecule has 15 nitrogen and oxygen atoms in total. The fourth-order valence-corrected chi connectivity index (χ4v) is 6.79. The third-order valence-corrected chi connectivity index (χ3v) is 8.68. The van der Waals surface area contributed by atoms with Crippen LogP contribution in [0.5, 0.6) is 5.88 Å². The standard InChI is InChI=1S/C18H17ClN8O7S3/c1-26-14(31)12(29)23-24-18(26)36-4-5-3-35-15-8(13(30)27(15)9(5)16(32)33)21-11(28)7(25-34-2)6-10(19)37-17(20)22-6/h8,15H,3-4H2,1-2H3,(H2,20,22)(H,21,28)(H,23,29)(H,32,33)/t8?,15-/m0/s1. The number of nitrogens with zero attached hydrogens (tertiary/aromatic N) is 6. The molecule has 4 rings (SSSR count). The number of halogens is 1. The molecule has 1 fully saturated rings. The molecule has 0 saturated carbocycles. The lowest BCUT2D eigenvalue weighted by molar-refractivity contribution is -0.150. The number of carbonyl (C=O) groups excluding carboxylic acids is 2. The minimum Gasteiger partial charge on any atom is -0.488 e. The predicted octanol–water partition coefficient (Wildman–Crippen LogP) is -0.546. The number of nitrogens with two attached hydrogens (primary N) is 1. The van der Waals surface area contributed by atoms with Crippen LogP contribution >= 0.6 is 46.5 Å². The number of carboxylic acids is 1. The molecule has 19 heteroatoms. The van der Waals surface area contributed by atoms with Crippen LogP contribution in [0.2, 0.25) is 4.34 Å². The number of aliphatic carboxylic acids is 1. The van der Waals surface area contributed by atoms with Crippen molar-refractivity contribution in [2.75, 3.05) is 24.3 Å². The number of thiazole rings is 1. The second-order valence-corrected chi connectivity index (χ2v) is 11.1. The molecule has 1 unspecified atom stereocenters. The maximum atomic E-state index is 13.0. The molecule has 196 valence electrons. The van der Waals surface area contributed by atoms with E-state index in [1.807, 2.05) is 0 Å². The van der Waals surface area contributed by atoms with Gasteiger partial charge in [0.25, 0.3) is 17.7 Å². The van der Waals surface area contributed by atoms with Gasteiger partial charge in [-0.3, -0.25) is 23.9 Å². The average Bonchev–Trinajstić information content (AvgIpc) is 3.20. The minimum atomic E-state index is -1.32. The van der Waals surface area contributed by atoms with Gasteiger partial charge in [0.2, 0.25) is 0 Å². The van der Waals surface area contributed by atoms with Gasteiger partial charge in [-0.2, -0.15) is 0 Å². The molecule has 1 saturated heterocycles. The van der Waals surface area contributed by atoms with Crippen LogP contribution < -0.4 is 16.6 Å². The third-order valence-electron chi connectivity index (χ3n) is 5.15. The van der Waals surface area contributed by atoms with Crippen molar-refractivity contribution in [2.45, 2.75) is 16.6 Å². The van der Waals surface area contributed by atoms with E-state index < -0.39 is 40.6 Å². The number of hydrogen-bond donors (Lipinski definition) is 4. The van der Waals surface area contributed by atoms with Crippen LogP contribution in [0.1, 0.15) is 5.69 Å². The molecule has 0 radical (unpaired) electrons. The molecule has 2 aliphatic heterocycles. The van der Waals surface area contributed by atoms with Crippen molar-refractivity contribution < 1.29 is 29.4 Å². The topological polar surface area (TPSA) is 215 Å². The zero-order valence-electron chi connectivity index (χ0n) is 18.9. The van der Waals surface area contributed by atoms with Crippen molar-refractivity contribution >= 4 is 75.1 Å². The van der Waals surface area contributed by atoms with Crippen LogP contribution in [0.4, 0.5) is 5.13 Å². The molecule has 2 aliphatic rings. The zero-order chi connectivity index (χ0) is 27.0. The number of aromatic hydroxyl groups is 1. The van der Waals surface area contributed by atoms with E-state index in [0.29, 0.717) is 5.57 Å². The number of nitrogens with one attached hydrogen (secondary N) is 1. The Morgan fingerprint density at radius 2 is 2.11 bits per heavy atom. The number of thioether (sulfide) groups is 2. The zero-order valence-corrected chi connectivity index (χ0v) is 22.1. The number of carboxylic acid groups (broad SMARTS) is 1. The lowest BCUT2D eigenvalue weighted by Crippen LogP contribution is -2.71. The molecule has 2 amide bonds. The van der Waals surface area contributed by atoms with Gasteiger partial charge in [-0.15, -0.1) is 22.0 Å². The number of amides is 2. The van der Waals surface area contributed by atoms with E-state index in [-0.39, 0.29) is 43.2 Å². The number of carbonyl (C=O) groups is 3. The monoisotopic (exact) mass is 588 g/mol. The van der Waals surface area contributed by atoms with Crippen molar-refractivity contribution in [2.24, 2.45) is 12.2 Å². The van der Waals surface area contributed by atoms with Crippen LogP contribution in [0.3, 0.4) is 0 Å². The van der Waals surface area contributed by atoms with E-state index >= 15 is 0 Å². The number of aromatic nitrogens is 4. The third kappa shape index (κ3) is 4.96. The quantitative estimate of drug-likeness (QED) is 0.132. The molecule has 37 heavy (non-hydrogen) atoms. The molecule has 2 atom stereocenters. The first-order valence-electron chi connectivity index (χ1n) is 10.0. The Bertz CT molecular complexity index is 1420. The first kappa shape index (κ1) is 26.7. The van der Waals surface area contributed by atoms with Gasteiger partial charge in [-0.1, -0.05) is 39.9 Å². The van der Waals surface area contributed by atoms with E-state index in [1.54, 1.807) is 0 Å². The van der Waals surface area contributed by atoms with E-state index in [1.165, 1.54) is 25.9 Å². The predicted molar refractivity (Wildman–Crippen MR) is 134 cm³/mol. The summed E-state index contributed by atoms with van der Waals surface area (Å²) in [4.78, 5) is 59.6. The Hall–Kier alpha value is -3.35. The summed E-state index contributed by atoms with van der Waals surface area (Å²) in [5.41, 5.74) is 4.77. The van der Waals surface area contributed by atoms with Crippen LogP contribution in [-0.4, -0.2) is 88.4 Å². The summed E-state index contributed by atoms with van der Waals surface area (Å²) in [6.45, 7) is 0. The summed E-state index contributed by atoms with van der Waals surface area (Å²) < 4.78 is 1.18. The lowest BCUT2D eigenvalue weighted by Gasteiger charge is -2.49. The smallest absolute Gasteiger partial charge is 0.352 e. The van der Waals surface area contributed by atoms with Crippen LogP contribution in [0, 0.1) is 0 Å². The molecule has 0 aliphatic carbocycles. The number of nitrogen functional groups attached to an aromatic ring is 1. The summed E-state index contributed by atoms with van der Waals surface area (Å²) in [5.74, 6) is -3.21. The second-order valence-electron chi connectivity index (χ2n) is 7.37. The van der Waals surface area contributed by atoms with Gasteiger partial charge in [0.15, 0.2) is 16.0 Å². The highest BCUT2D eigenvalue weighted by molar-refractivity contribution is 8.01. The summed E-state index contributed by atoms with van der Waals surface area (Å²) in [6.07, 6.45) is 0. The van der Waals surface area contributed by atoms with Gasteiger partial charge < -0.3 is 26.1 Å². The number of fused-ring (bicyclic) bond motifs is 1. The molecule has 0 bridgehead atoms. The van der Waals surface area contributed by atoms with Crippen molar-refractivity contribution in [3.63, 3.8) is 0 Å². The summed E-state index contributed by atoms with van der Waals surface area (Å²) in [6, 6.07) is -1.04. The van der Waals surface area contributed by atoms with Gasteiger partial charge in [-0.05, 0) is 5.57 Å². The van der Waals surface area contributed by atoms with Crippen molar-refractivity contribution in [3.05, 3.63) is 31.7 Å². The molecule has 2 aromatic heterocycles. The highest BCUT2D eigenvalue weighted by Gasteiger charge is 2.54. The normalized spacial score (nSPS) is 19.4. The summed E-state index contributed by atoms with van der Waals surface area (Å²) in [7, 11) is 2.60. The Balaban J connectivity index is 1.52. The molecular weight excluding hydrogens is 572 g/mol. The maximum Gasteiger partial charge on any atom is 0.352 e. The maximum absolute atomic E-state index is 13.0. The minimum absolute atomic E-state index is 0.0133. The lowest BCUT2D eigenvalue weighted by atomic mass is 10.0. The second kappa shape index (κ2) is 10.6. The van der Waals surface area contributed by atoms with Gasteiger partial charge in [-0.25, -0.2) is 9.78 Å². The van der Waals surface area contributed by atoms with Gasteiger partial charge >= 0.3 is 11.5 Å². The summed E-state index contributed by atoms with van der Waals surface area (Å²) in [5, 5.41) is 32.1. The van der Waals surface area contributed by atoms with Crippen LogP contribution in [0.15, 0.2) is 26.4 Å². The SMILES string of the molecule is CON=C(C(=O)NC1C(=O)N2C(C(=O)O)=C(CSc3nnc(O)c(=O)n3C)CS[C@@H]12)c1nc(N)sc1Cl. The van der Waals surface area contributed by atoms with Crippen molar-refractivity contribution in [1.82, 2.24) is 30.0 Å². The first-order chi connectivity index (χ1) is 17.5. The van der Waals surface area contributed by atoms with Gasteiger partial charge in [0.1, 0.15) is 34.3 Å². The Morgan fingerprint density at radius 3 is 2.73 bits per heavy atom. The number of oxime groups is 1. The van der Waals surface area contributed by atoms with Crippen molar-refractivity contribution in [1.29, 1.82) is 0 Å². The molecule has 4 heterocycles. The largest absolute Gasteiger partial charge is 0.488 e. The van der Waals surface area contributed by atoms with E-state index in [0.717, 1.165) is 32.6 Å². The Kier molecular flexibility index (Phi) is 7.62.